The van der Waals surface area contributed by atoms with Crippen LogP contribution >= 0.6 is 0 Å². The van der Waals surface area contributed by atoms with Gasteiger partial charge >= 0.3 is 11.9 Å². The number of hydrogen-bond acceptors (Lipinski definition) is 4. The first kappa shape index (κ1) is 15.9. The Morgan fingerprint density at radius 3 is 2.18 bits per heavy atom. The van der Waals surface area contributed by atoms with Gasteiger partial charge in [-0.2, -0.15) is 0 Å². The Hall–Kier alpha value is -1.14. The zero-order valence-corrected chi connectivity index (χ0v) is 10.7. The van der Waals surface area contributed by atoms with E-state index in [9.17, 15) is 9.59 Å². The van der Waals surface area contributed by atoms with Crippen LogP contribution < -0.4 is 0 Å². The first-order chi connectivity index (χ1) is 7.82. The van der Waals surface area contributed by atoms with Crippen molar-refractivity contribution in [3.8, 4) is 0 Å². The van der Waals surface area contributed by atoms with Crippen molar-refractivity contribution in [3.05, 3.63) is 0 Å². The average Bonchev–Trinajstić information content (AvgIpc) is 2.15. The zero-order chi connectivity index (χ0) is 13.4. The van der Waals surface area contributed by atoms with Crippen LogP contribution in [0.25, 0.3) is 0 Å². The third-order valence-corrected chi connectivity index (χ3v) is 2.39. The van der Waals surface area contributed by atoms with Crippen LogP contribution in [0.15, 0.2) is 0 Å². The molecule has 0 aliphatic rings. The highest BCUT2D eigenvalue weighted by molar-refractivity contribution is 5.70. The van der Waals surface area contributed by atoms with Gasteiger partial charge in [0.15, 0.2) is 0 Å². The third kappa shape index (κ3) is 8.65. The van der Waals surface area contributed by atoms with Gasteiger partial charge in [0.05, 0.1) is 12.5 Å². The standard InChI is InChI=1S/C11H22N2O4/c1-9(11(16)17)7-13(8-10(14)15)6-4-5-12(2)3/h9H,4-8H2,1-3H3,(H,14,15)(H,16,17). The maximum atomic E-state index is 10.7. The lowest BCUT2D eigenvalue weighted by atomic mass is 10.1. The van der Waals surface area contributed by atoms with E-state index in [-0.39, 0.29) is 13.1 Å². The molecule has 0 aromatic carbocycles. The molecule has 0 saturated heterocycles. The van der Waals surface area contributed by atoms with Crippen LogP contribution in [0.1, 0.15) is 13.3 Å². The van der Waals surface area contributed by atoms with Crippen LogP contribution in [-0.2, 0) is 9.59 Å². The average molecular weight is 246 g/mol. The molecule has 0 fully saturated rings. The molecule has 0 bridgehead atoms. The van der Waals surface area contributed by atoms with Gasteiger partial charge in [0.2, 0.25) is 0 Å². The van der Waals surface area contributed by atoms with Crippen molar-refractivity contribution in [1.29, 1.82) is 0 Å². The molecule has 0 aliphatic carbocycles. The predicted octanol–water partition coefficient (Wildman–Crippen LogP) is 0.0454. The van der Waals surface area contributed by atoms with Crippen LogP contribution in [0.3, 0.4) is 0 Å². The number of carboxylic acids is 2. The highest BCUT2D eigenvalue weighted by Crippen LogP contribution is 2.01. The van der Waals surface area contributed by atoms with Gasteiger partial charge in [-0.05, 0) is 33.6 Å². The molecule has 0 rings (SSSR count). The number of hydrogen-bond donors (Lipinski definition) is 2. The van der Waals surface area contributed by atoms with Crippen molar-refractivity contribution in [2.75, 3.05) is 40.3 Å². The molecule has 17 heavy (non-hydrogen) atoms. The SMILES string of the molecule is CC(CN(CCCN(C)C)CC(=O)O)C(=O)O. The van der Waals surface area contributed by atoms with Crippen molar-refractivity contribution >= 4 is 11.9 Å². The smallest absolute Gasteiger partial charge is 0.317 e. The molecule has 0 heterocycles. The number of nitrogens with zero attached hydrogens (tertiary/aromatic N) is 2. The fourth-order valence-corrected chi connectivity index (χ4v) is 1.50. The van der Waals surface area contributed by atoms with Gasteiger partial charge in [-0.25, -0.2) is 0 Å². The summed E-state index contributed by atoms with van der Waals surface area (Å²) in [5, 5.41) is 17.5. The van der Waals surface area contributed by atoms with Gasteiger partial charge in [-0.1, -0.05) is 6.92 Å². The minimum absolute atomic E-state index is 0.106. The van der Waals surface area contributed by atoms with Gasteiger partial charge in [0, 0.05) is 6.54 Å². The number of carbonyl (C=O) groups is 2. The highest BCUT2D eigenvalue weighted by atomic mass is 16.4. The summed E-state index contributed by atoms with van der Waals surface area (Å²) in [4.78, 5) is 25.1. The van der Waals surface area contributed by atoms with Gasteiger partial charge < -0.3 is 15.1 Å². The summed E-state index contributed by atoms with van der Waals surface area (Å²) in [5.74, 6) is -2.37. The minimum Gasteiger partial charge on any atom is -0.481 e. The van der Waals surface area contributed by atoms with E-state index in [2.05, 4.69) is 0 Å². The van der Waals surface area contributed by atoms with E-state index < -0.39 is 17.9 Å². The van der Waals surface area contributed by atoms with Crippen LogP contribution in [0.4, 0.5) is 0 Å². The van der Waals surface area contributed by atoms with Crippen molar-refractivity contribution in [1.82, 2.24) is 9.80 Å². The molecule has 0 aliphatic heterocycles. The summed E-state index contributed by atoms with van der Waals surface area (Å²) in [5.41, 5.74) is 0. The summed E-state index contributed by atoms with van der Waals surface area (Å²) >= 11 is 0. The van der Waals surface area contributed by atoms with E-state index in [1.54, 1.807) is 11.8 Å². The fourth-order valence-electron chi connectivity index (χ4n) is 1.50. The van der Waals surface area contributed by atoms with Crippen molar-refractivity contribution in [2.45, 2.75) is 13.3 Å². The Labute approximate surface area is 102 Å². The molecule has 0 aromatic rings. The minimum atomic E-state index is -0.924. The summed E-state index contributed by atoms with van der Waals surface area (Å²) in [6.07, 6.45) is 0.826. The zero-order valence-electron chi connectivity index (χ0n) is 10.7. The maximum absolute atomic E-state index is 10.7. The first-order valence-electron chi connectivity index (χ1n) is 5.64. The van der Waals surface area contributed by atoms with Crippen molar-refractivity contribution < 1.29 is 19.8 Å². The second-order valence-corrected chi connectivity index (χ2v) is 4.52. The topological polar surface area (TPSA) is 81.1 Å². The molecular weight excluding hydrogens is 224 g/mol. The Bertz CT molecular complexity index is 256. The lowest BCUT2D eigenvalue weighted by molar-refractivity contribution is -0.144. The molecule has 100 valence electrons. The van der Waals surface area contributed by atoms with E-state index in [4.69, 9.17) is 10.2 Å². The van der Waals surface area contributed by atoms with Crippen molar-refractivity contribution in [2.24, 2.45) is 5.92 Å². The van der Waals surface area contributed by atoms with Gasteiger partial charge in [0.25, 0.3) is 0 Å². The molecule has 0 spiro atoms. The van der Waals surface area contributed by atoms with Crippen LogP contribution in [0, 0.1) is 5.92 Å². The largest absolute Gasteiger partial charge is 0.481 e. The molecule has 1 atom stereocenters. The number of carboxylic acid groups (broad SMARTS) is 2. The van der Waals surface area contributed by atoms with Gasteiger partial charge in [-0.3, -0.25) is 14.5 Å². The first-order valence-corrected chi connectivity index (χ1v) is 5.64. The number of rotatable bonds is 9. The summed E-state index contributed by atoms with van der Waals surface area (Å²) in [6.45, 7) is 3.21. The molecule has 1 unspecified atom stereocenters. The molecule has 2 N–H and O–H groups in total. The summed E-state index contributed by atoms with van der Waals surface area (Å²) in [7, 11) is 3.89. The summed E-state index contributed by atoms with van der Waals surface area (Å²) < 4.78 is 0. The van der Waals surface area contributed by atoms with E-state index in [0.29, 0.717) is 6.54 Å². The van der Waals surface area contributed by atoms with E-state index in [1.165, 1.54) is 0 Å². The predicted molar refractivity (Wildman–Crippen MR) is 64.0 cm³/mol. The Morgan fingerprint density at radius 1 is 1.18 bits per heavy atom. The maximum Gasteiger partial charge on any atom is 0.317 e. The Kier molecular flexibility index (Phi) is 7.49. The lowest BCUT2D eigenvalue weighted by Gasteiger charge is -2.23. The van der Waals surface area contributed by atoms with Crippen LogP contribution in [0.2, 0.25) is 0 Å². The molecule has 0 aromatic heterocycles. The molecule has 0 amide bonds. The molecule has 0 saturated carbocycles. The van der Waals surface area contributed by atoms with Gasteiger partial charge in [-0.15, -0.1) is 0 Å². The second kappa shape index (κ2) is 8.03. The second-order valence-electron chi connectivity index (χ2n) is 4.52. The quantitative estimate of drug-likeness (QED) is 0.598. The van der Waals surface area contributed by atoms with Gasteiger partial charge in [0.1, 0.15) is 0 Å². The van der Waals surface area contributed by atoms with Crippen LogP contribution in [0.5, 0.6) is 0 Å². The third-order valence-electron chi connectivity index (χ3n) is 2.39. The molecule has 0 radical (unpaired) electrons. The Balaban J connectivity index is 4.13. The highest BCUT2D eigenvalue weighted by Gasteiger charge is 2.17. The van der Waals surface area contributed by atoms with E-state index >= 15 is 0 Å². The number of aliphatic carboxylic acids is 2. The lowest BCUT2D eigenvalue weighted by Crippen LogP contribution is -2.37. The van der Waals surface area contributed by atoms with Crippen molar-refractivity contribution in [3.63, 3.8) is 0 Å². The Morgan fingerprint density at radius 2 is 1.76 bits per heavy atom. The monoisotopic (exact) mass is 246 g/mol. The molecule has 6 heteroatoms. The molecular formula is C11H22N2O4. The summed E-state index contributed by atoms with van der Waals surface area (Å²) in [6, 6.07) is 0. The normalized spacial score (nSPS) is 13.0. The molecule has 6 nitrogen and oxygen atoms in total. The van der Waals surface area contributed by atoms with E-state index in [1.807, 2.05) is 19.0 Å². The van der Waals surface area contributed by atoms with E-state index in [0.717, 1.165) is 13.0 Å². The fraction of sp³-hybridized carbons (Fsp3) is 0.818. The van der Waals surface area contributed by atoms with Crippen LogP contribution in [-0.4, -0.2) is 72.2 Å².